The zero-order chi connectivity index (χ0) is 16.8. The normalized spacial score (nSPS) is 20.9. The van der Waals surface area contributed by atoms with E-state index in [-0.39, 0.29) is 5.91 Å². The second-order valence-corrected chi connectivity index (χ2v) is 7.36. The molecule has 0 radical (unpaired) electrons. The zero-order valence-corrected chi connectivity index (χ0v) is 14.8. The number of aryl methyl sites for hydroxylation is 1. The predicted molar refractivity (Wildman–Crippen MR) is 95.8 cm³/mol. The average molecular weight is 330 g/mol. The lowest BCUT2D eigenvalue weighted by Gasteiger charge is -2.32. The highest BCUT2D eigenvalue weighted by Gasteiger charge is 2.23. The summed E-state index contributed by atoms with van der Waals surface area (Å²) in [6, 6.07) is 9.14. The molecule has 132 valence electrons. The first-order valence-electron chi connectivity index (χ1n) is 9.34. The van der Waals surface area contributed by atoms with E-state index in [1.165, 1.54) is 11.1 Å². The van der Waals surface area contributed by atoms with E-state index in [4.69, 9.17) is 4.74 Å². The molecule has 1 aromatic carbocycles. The van der Waals surface area contributed by atoms with Gasteiger partial charge in [0.2, 0.25) is 5.91 Å². The van der Waals surface area contributed by atoms with Crippen LogP contribution < -0.4 is 5.32 Å². The van der Waals surface area contributed by atoms with E-state index in [1.807, 2.05) is 0 Å². The zero-order valence-electron chi connectivity index (χ0n) is 14.8. The van der Waals surface area contributed by atoms with Crippen LogP contribution in [0.15, 0.2) is 24.3 Å². The molecular weight excluding hydrogens is 300 g/mol. The number of nitrogens with zero attached hydrogens (tertiary/aromatic N) is 1. The Morgan fingerprint density at radius 1 is 1.12 bits per heavy atom. The molecule has 0 spiro atoms. The van der Waals surface area contributed by atoms with Crippen LogP contribution >= 0.6 is 0 Å². The van der Waals surface area contributed by atoms with Crippen molar-refractivity contribution in [3.63, 3.8) is 0 Å². The minimum absolute atomic E-state index is 0.235. The van der Waals surface area contributed by atoms with Gasteiger partial charge in [-0.05, 0) is 57.2 Å². The maximum absolute atomic E-state index is 12.2. The number of ether oxygens (including phenoxy) is 1. The summed E-state index contributed by atoms with van der Waals surface area (Å²) in [4.78, 5) is 14.7. The highest BCUT2D eigenvalue weighted by Crippen LogP contribution is 2.22. The molecule has 2 aliphatic heterocycles. The minimum atomic E-state index is 0.235. The van der Waals surface area contributed by atoms with Crippen molar-refractivity contribution in [3.8, 4) is 0 Å². The molecule has 0 unspecified atom stereocenters. The van der Waals surface area contributed by atoms with E-state index in [0.717, 1.165) is 58.5 Å². The van der Waals surface area contributed by atoms with Gasteiger partial charge in [0.05, 0.1) is 0 Å². The van der Waals surface area contributed by atoms with E-state index < -0.39 is 0 Å². The van der Waals surface area contributed by atoms with Gasteiger partial charge in [0.25, 0.3) is 0 Å². The van der Waals surface area contributed by atoms with Crippen LogP contribution in [0.25, 0.3) is 0 Å². The van der Waals surface area contributed by atoms with Crippen molar-refractivity contribution >= 4 is 5.91 Å². The van der Waals surface area contributed by atoms with Crippen LogP contribution in [-0.4, -0.2) is 43.2 Å². The Morgan fingerprint density at radius 3 is 2.46 bits per heavy atom. The van der Waals surface area contributed by atoms with Gasteiger partial charge in [0.1, 0.15) is 0 Å². The number of rotatable bonds is 5. The summed E-state index contributed by atoms with van der Waals surface area (Å²) in [5.74, 6) is 0.776. The molecule has 0 bridgehead atoms. The van der Waals surface area contributed by atoms with Crippen molar-refractivity contribution in [2.45, 2.75) is 51.6 Å². The van der Waals surface area contributed by atoms with Gasteiger partial charge >= 0.3 is 0 Å². The average Bonchev–Trinajstić information content (AvgIpc) is 2.59. The molecule has 0 aliphatic carbocycles. The third-order valence-electron chi connectivity index (χ3n) is 5.29. The first kappa shape index (κ1) is 17.4. The maximum Gasteiger partial charge on any atom is 0.220 e. The van der Waals surface area contributed by atoms with Crippen molar-refractivity contribution < 1.29 is 9.53 Å². The number of nitrogens with one attached hydrogen (secondary N) is 1. The Hall–Kier alpha value is -1.39. The summed E-state index contributed by atoms with van der Waals surface area (Å²) >= 11 is 0. The lowest BCUT2D eigenvalue weighted by Crippen LogP contribution is -2.41. The Balaban J connectivity index is 1.37. The number of carbonyl (C=O) groups excluding carboxylic acids is 1. The van der Waals surface area contributed by atoms with Gasteiger partial charge < -0.3 is 10.1 Å². The third kappa shape index (κ3) is 5.32. The number of likely N-dealkylation sites (tertiary alicyclic amines) is 1. The molecule has 4 heteroatoms. The molecule has 0 atom stereocenters. The van der Waals surface area contributed by atoms with Crippen molar-refractivity contribution in [2.24, 2.45) is 5.92 Å². The number of carbonyl (C=O) groups is 1. The molecule has 2 aliphatic rings. The van der Waals surface area contributed by atoms with Crippen LogP contribution in [0.1, 0.15) is 43.2 Å². The van der Waals surface area contributed by atoms with E-state index in [1.54, 1.807) is 0 Å². The molecular formula is C20H30N2O2. The van der Waals surface area contributed by atoms with Crippen molar-refractivity contribution in [1.82, 2.24) is 10.2 Å². The quantitative estimate of drug-likeness (QED) is 0.902. The number of hydrogen-bond donors (Lipinski definition) is 1. The van der Waals surface area contributed by atoms with Gasteiger partial charge in [0, 0.05) is 32.2 Å². The van der Waals surface area contributed by atoms with Crippen molar-refractivity contribution in [2.75, 3.05) is 26.3 Å². The first-order valence-corrected chi connectivity index (χ1v) is 9.34. The fourth-order valence-electron chi connectivity index (χ4n) is 3.69. The molecule has 4 nitrogen and oxygen atoms in total. The van der Waals surface area contributed by atoms with Crippen LogP contribution in [0.3, 0.4) is 0 Å². The second kappa shape index (κ2) is 8.63. The first-order chi connectivity index (χ1) is 11.7. The van der Waals surface area contributed by atoms with Gasteiger partial charge in [-0.2, -0.15) is 0 Å². The van der Waals surface area contributed by atoms with Crippen molar-refractivity contribution in [3.05, 3.63) is 35.4 Å². The third-order valence-corrected chi connectivity index (χ3v) is 5.29. The summed E-state index contributed by atoms with van der Waals surface area (Å²) in [5, 5.41) is 3.19. The number of piperidine rings is 1. The van der Waals surface area contributed by atoms with Crippen LogP contribution in [0.5, 0.6) is 0 Å². The molecule has 2 saturated heterocycles. The lowest BCUT2D eigenvalue weighted by molar-refractivity contribution is -0.123. The molecule has 1 aromatic rings. The van der Waals surface area contributed by atoms with Crippen molar-refractivity contribution in [1.29, 1.82) is 0 Å². The van der Waals surface area contributed by atoms with Gasteiger partial charge in [-0.25, -0.2) is 0 Å². The number of hydrogen-bond acceptors (Lipinski definition) is 3. The van der Waals surface area contributed by atoms with Crippen LogP contribution in [-0.2, 0) is 16.1 Å². The van der Waals surface area contributed by atoms with Gasteiger partial charge in [-0.1, -0.05) is 29.8 Å². The smallest absolute Gasteiger partial charge is 0.220 e. The van der Waals surface area contributed by atoms with Gasteiger partial charge in [-0.3, -0.25) is 9.69 Å². The van der Waals surface area contributed by atoms with E-state index in [0.29, 0.717) is 18.4 Å². The summed E-state index contributed by atoms with van der Waals surface area (Å²) in [5.41, 5.74) is 2.70. The molecule has 0 saturated carbocycles. The summed E-state index contributed by atoms with van der Waals surface area (Å²) in [7, 11) is 0. The molecule has 1 amide bonds. The van der Waals surface area contributed by atoms with Crippen LogP contribution in [0.2, 0.25) is 0 Å². The summed E-state index contributed by atoms with van der Waals surface area (Å²) < 4.78 is 5.34. The molecule has 2 fully saturated rings. The Labute approximate surface area is 145 Å². The molecule has 3 rings (SSSR count). The maximum atomic E-state index is 12.2. The predicted octanol–water partition coefficient (Wildman–Crippen LogP) is 2.89. The highest BCUT2D eigenvalue weighted by molar-refractivity contribution is 5.76. The van der Waals surface area contributed by atoms with Gasteiger partial charge in [-0.15, -0.1) is 0 Å². The van der Waals surface area contributed by atoms with E-state index >= 15 is 0 Å². The van der Waals surface area contributed by atoms with E-state index in [2.05, 4.69) is 41.4 Å². The molecule has 1 N–H and O–H groups in total. The summed E-state index contributed by atoms with van der Waals surface area (Å²) in [6.45, 7) is 6.92. The fourth-order valence-corrected chi connectivity index (χ4v) is 3.69. The highest BCUT2D eigenvalue weighted by atomic mass is 16.5. The Bertz CT molecular complexity index is 515. The Morgan fingerprint density at radius 2 is 1.79 bits per heavy atom. The number of amides is 1. The summed E-state index contributed by atoms with van der Waals surface area (Å²) in [6.07, 6.45) is 4.87. The largest absolute Gasteiger partial charge is 0.381 e. The molecule has 24 heavy (non-hydrogen) atoms. The fraction of sp³-hybridized carbons (Fsp3) is 0.650. The molecule has 0 aromatic heterocycles. The standard InChI is InChI=1S/C20H30N2O2/c1-16-2-4-18(5-3-16)15-22-10-6-17(7-11-22)14-20(23)21-19-8-12-24-13-9-19/h2-5,17,19H,6-15H2,1H3,(H,21,23). The monoisotopic (exact) mass is 330 g/mol. The Kier molecular flexibility index (Phi) is 6.27. The SMILES string of the molecule is Cc1ccc(CN2CCC(CC(=O)NC3CCOCC3)CC2)cc1. The van der Waals surface area contributed by atoms with Crippen LogP contribution in [0, 0.1) is 12.8 Å². The van der Waals surface area contributed by atoms with Crippen LogP contribution in [0.4, 0.5) is 0 Å². The second-order valence-electron chi connectivity index (χ2n) is 7.36. The number of benzene rings is 1. The lowest BCUT2D eigenvalue weighted by atomic mass is 9.92. The molecule has 2 heterocycles. The van der Waals surface area contributed by atoms with E-state index in [9.17, 15) is 4.79 Å². The minimum Gasteiger partial charge on any atom is -0.381 e. The van der Waals surface area contributed by atoms with Gasteiger partial charge in [0.15, 0.2) is 0 Å². The topological polar surface area (TPSA) is 41.6 Å².